The van der Waals surface area contributed by atoms with Gasteiger partial charge in [-0.3, -0.25) is 4.79 Å². The van der Waals surface area contributed by atoms with Crippen molar-refractivity contribution in [2.75, 3.05) is 13.7 Å². The molecule has 2 aromatic carbocycles. The third-order valence-electron chi connectivity index (χ3n) is 3.73. The summed E-state index contributed by atoms with van der Waals surface area (Å²) in [6, 6.07) is 16.7. The van der Waals surface area contributed by atoms with Crippen molar-refractivity contribution in [1.29, 1.82) is 0 Å². The average Bonchev–Trinajstić information content (AvgIpc) is 3.04. The zero-order valence-electron chi connectivity index (χ0n) is 11.8. The number of ketones is 1. The Bertz CT molecular complexity index is 668. The Kier molecular flexibility index (Phi) is 3.77. The third-order valence-corrected chi connectivity index (χ3v) is 3.73. The Hall–Kier alpha value is -2.49. The van der Waals surface area contributed by atoms with Crippen molar-refractivity contribution in [1.82, 2.24) is 0 Å². The summed E-state index contributed by atoms with van der Waals surface area (Å²) in [4.78, 5) is 12.8. The first kappa shape index (κ1) is 13.5. The quantitative estimate of drug-likeness (QED) is 0.805. The second-order valence-corrected chi connectivity index (χ2v) is 4.97. The highest BCUT2D eigenvalue weighted by Gasteiger charge is 2.34. The lowest BCUT2D eigenvalue weighted by molar-refractivity contribution is 0.0953. The Morgan fingerprint density at radius 3 is 2.57 bits per heavy atom. The molecule has 0 spiro atoms. The summed E-state index contributed by atoms with van der Waals surface area (Å²) >= 11 is 0. The van der Waals surface area contributed by atoms with E-state index >= 15 is 0 Å². The number of hydrogen-bond acceptors (Lipinski definition) is 4. The largest absolute Gasteiger partial charge is 0.496 e. The number of hydrogen-bond donors (Lipinski definition) is 0. The predicted octanol–water partition coefficient (Wildman–Crippen LogP) is 3.50. The van der Waals surface area contributed by atoms with Crippen LogP contribution in [0.3, 0.4) is 0 Å². The number of methoxy groups -OCH3 is 1. The number of carbonyl (C=O) groups is 1. The van der Waals surface area contributed by atoms with Crippen LogP contribution in [-0.4, -0.2) is 25.5 Å². The molecule has 0 saturated heterocycles. The first-order valence-corrected chi connectivity index (χ1v) is 6.90. The number of ether oxygens (including phenoxy) is 1. The van der Waals surface area contributed by atoms with Crippen molar-refractivity contribution < 1.29 is 9.53 Å². The molecule has 2 aromatic rings. The summed E-state index contributed by atoms with van der Waals surface area (Å²) in [5, 5.41) is 8.25. The van der Waals surface area contributed by atoms with Crippen LogP contribution in [0.4, 0.5) is 0 Å². The monoisotopic (exact) mass is 280 g/mol. The van der Waals surface area contributed by atoms with Crippen molar-refractivity contribution in [3.63, 3.8) is 0 Å². The van der Waals surface area contributed by atoms with Crippen molar-refractivity contribution in [2.45, 2.75) is 12.0 Å². The van der Waals surface area contributed by atoms with E-state index in [2.05, 4.69) is 10.2 Å². The number of rotatable bonds is 4. The van der Waals surface area contributed by atoms with Crippen LogP contribution in [0.25, 0.3) is 0 Å². The van der Waals surface area contributed by atoms with Gasteiger partial charge in [-0.15, -0.1) is 0 Å². The van der Waals surface area contributed by atoms with Gasteiger partial charge < -0.3 is 4.74 Å². The van der Waals surface area contributed by atoms with Crippen molar-refractivity contribution in [2.24, 2.45) is 10.2 Å². The van der Waals surface area contributed by atoms with E-state index in [1.807, 2.05) is 42.5 Å². The van der Waals surface area contributed by atoms with Gasteiger partial charge in [-0.1, -0.05) is 42.5 Å². The maximum Gasteiger partial charge on any atom is 0.193 e. The van der Waals surface area contributed by atoms with Crippen LogP contribution in [0.1, 0.15) is 21.8 Å². The van der Waals surface area contributed by atoms with Crippen molar-refractivity contribution in [3.8, 4) is 5.75 Å². The molecule has 3 rings (SSSR count). The molecule has 1 heterocycles. The number of azo groups is 1. The van der Waals surface area contributed by atoms with Gasteiger partial charge in [-0.05, 0) is 17.7 Å². The molecular weight excluding hydrogens is 264 g/mol. The average molecular weight is 280 g/mol. The molecule has 0 unspecified atom stereocenters. The number of nitrogens with zero attached hydrogens (tertiary/aromatic N) is 2. The highest BCUT2D eigenvalue weighted by Crippen LogP contribution is 2.31. The van der Waals surface area contributed by atoms with Crippen LogP contribution in [0.5, 0.6) is 5.75 Å². The van der Waals surface area contributed by atoms with Gasteiger partial charge in [0.25, 0.3) is 0 Å². The molecule has 0 fully saturated rings. The fraction of sp³-hybridized carbons (Fsp3) is 0.235. The van der Waals surface area contributed by atoms with Crippen molar-refractivity contribution >= 4 is 5.78 Å². The zero-order chi connectivity index (χ0) is 14.7. The molecule has 0 amide bonds. The molecule has 106 valence electrons. The zero-order valence-corrected chi connectivity index (χ0v) is 11.8. The highest BCUT2D eigenvalue weighted by atomic mass is 16.5. The Morgan fingerprint density at radius 2 is 1.81 bits per heavy atom. The minimum atomic E-state index is -0.469. The molecule has 0 N–H and O–H groups in total. The highest BCUT2D eigenvalue weighted by molar-refractivity contribution is 6.03. The van der Waals surface area contributed by atoms with Crippen LogP contribution in [0, 0.1) is 0 Å². The van der Waals surface area contributed by atoms with E-state index in [4.69, 9.17) is 4.74 Å². The normalized spacial score (nSPS) is 20.4. The lowest BCUT2D eigenvalue weighted by atomic mass is 9.88. The van der Waals surface area contributed by atoms with Gasteiger partial charge in [0.05, 0.1) is 19.2 Å². The van der Waals surface area contributed by atoms with E-state index in [9.17, 15) is 4.79 Å². The van der Waals surface area contributed by atoms with Crippen LogP contribution < -0.4 is 4.74 Å². The molecular formula is C17H16N2O2. The second-order valence-electron chi connectivity index (χ2n) is 4.97. The Balaban J connectivity index is 1.92. The molecule has 1 aliphatic heterocycles. The minimum absolute atomic E-state index is 0.00334. The van der Waals surface area contributed by atoms with E-state index in [-0.39, 0.29) is 11.7 Å². The van der Waals surface area contributed by atoms with Gasteiger partial charge in [0.15, 0.2) is 5.78 Å². The number of benzene rings is 2. The first-order valence-electron chi connectivity index (χ1n) is 6.90. The van der Waals surface area contributed by atoms with Gasteiger partial charge in [0.1, 0.15) is 11.8 Å². The van der Waals surface area contributed by atoms with Crippen molar-refractivity contribution in [3.05, 3.63) is 65.7 Å². The van der Waals surface area contributed by atoms with Crippen LogP contribution in [0.2, 0.25) is 0 Å². The van der Waals surface area contributed by atoms with E-state index in [0.29, 0.717) is 17.9 Å². The summed E-state index contributed by atoms with van der Waals surface area (Å²) in [6.45, 7) is 0.551. The van der Waals surface area contributed by atoms with E-state index < -0.39 is 6.04 Å². The fourth-order valence-electron chi connectivity index (χ4n) is 2.63. The van der Waals surface area contributed by atoms with Crippen LogP contribution in [0.15, 0.2) is 64.8 Å². The minimum Gasteiger partial charge on any atom is -0.496 e. The second kappa shape index (κ2) is 5.87. The van der Waals surface area contributed by atoms with E-state index in [1.54, 1.807) is 19.2 Å². The molecule has 1 aliphatic rings. The summed E-state index contributed by atoms with van der Waals surface area (Å²) in [5.41, 5.74) is 1.66. The van der Waals surface area contributed by atoms with Crippen LogP contribution in [-0.2, 0) is 0 Å². The van der Waals surface area contributed by atoms with E-state index in [1.165, 1.54) is 0 Å². The predicted molar refractivity (Wildman–Crippen MR) is 80.0 cm³/mol. The summed E-state index contributed by atoms with van der Waals surface area (Å²) < 4.78 is 5.27. The van der Waals surface area contributed by atoms with E-state index in [0.717, 1.165) is 5.56 Å². The molecule has 4 heteroatoms. The summed E-state index contributed by atoms with van der Waals surface area (Å²) in [6.07, 6.45) is 0. The molecule has 0 aromatic heterocycles. The number of carbonyl (C=O) groups excluding carboxylic acids is 1. The molecule has 0 bridgehead atoms. The fourth-order valence-corrected chi connectivity index (χ4v) is 2.63. The smallest absolute Gasteiger partial charge is 0.193 e. The maximum absolute atomic E-state index is 12.8. The lowest BCUT2D eigenvalue weighted by Gasteiger charge is -2.17. The standard InChI is InChI=1S/C17H16N2O2/c1-21-15-10-6-5-9-13(15)17(20)16-14(11-18-19-16)12-7-3-2-4-8-12/h2-10,14,16H,11H2,1H3/t14-,16-/m0/s1. The van der Waals surface area contributed by atoms with Gasteiger partial charge >= 0.3 is 0 Å². The summed E-state index contributed by atoms with van der Waals surface area (Å²) in [7, 11) is 1.57. The maximum atomic E-state index is 12.8. The third kappa shape index (κ3) is 2.57. The van der Waals surface area contributed by atoms with Gasteiger partial charge in [-0.25, -0.2) is 0 Å². The van der Waals surface area contributed by atoms with Gasteiger partial charge in [0.2, 0.25) is 0 Å². The SMILES string of the molecule is COc1ccccc1C(=O)[C@H]1N=NC[C@H]1c1ccccc1. The van der Waals surface area contributed by atoms with Gasteiger partial charge in [-0.2, -0.15) is 10.2 Å². The molecule has 0 saturated carbocycles. The van der Waals surface area contributed by atoms with Gasteiger partial charge in [0, 0.05) is 5.92 Å². The molecule has 21 heavy (non-hydrogen) atoms. The molecule has 4 nitrogen and oxygen atoms in total. The van der Waals surface area contributed by atoms with Crippen LogP contribution >= 0.6 is 0 Å². The Morgan fingerprint density at radius 1 is 1.10 bits per heavy atom. The number of para-hydroxylation sites is 1. The molecule has 2 atom stereocenters. The first-order chi connectivity index (χ1) is 10.3. The summed E-state index contributed by atoms with van der Waals surface area (Å²) in [5.74, 6) is 0.544. The molecule has 0 aliphatic carbocycles. The lowest BCUT2D eigenvalue weighted by Crippen LogP contribution is -2.25. The molecule has 0 radical (unpaired) electrons. The number of Topliss-reactive ketones (excluding diaryl/α,β-unsaturated/α-hetero) is 1. The Labute approximate surface area is 123 Å². The topological polar surface area (TPSA) is 51.0 Å².